The summed E-state index contributed by atoms with van der Waals surface area (Å²) < 4.78 is 15.7. The van der Waals surface area contributed by atoms with Gasteiger partial charge in [-0.2, -0.15) is 0 Å². The van der Waals surface area contributed by atoms with Gasteiger partial charge in [0.25, 0.3) is 5.91 Å². The Morgan fingerprint density at radius 3 is 2.60 bits per heavy atom. The van der Waals surface area contributed by atoms with Crippen LogP contribution in [0.15, 0.2) is 54.7 Å². The quantitative estimate of drug-likeness (QED) is 0.532. The molecular formula is C24H19FN4O. The number of nitrogens with zero attached hydrogens (tertiary/aromatic N) is 2. The molecule has 6 rings (SSSR count). The number of amides is 1. The van der Waals surface area contributed by atoms with E-state index in [-0.39, 0.29) is 11.7 Å². The van der Waals surface area contributed by atoms with Crippen molar-refractivity contribution in [2.45, 2.75) is 25.3 Å². The van der Waals surface area contributed by atoms with E-state index in [9.17, 15) is 9.18 Å². The van der Waals surface area contributed by atoms with Gasteiger partial charge in [-0.15, -0.1) is 0 Å². The largest absolute Gasteiger partial charge is 0.384 e. The average molecular weight is 398 g/mol. The smallest absolute Gasteiger partial charge is 0.254 e. The van der Waals surface area contributed by atoms with Gasteiger partial charge in [0.05, 0.1) is 16.8 Å². The number of benzene rings is 2. The van der Waals surface area contributed by atoms with E-state index in [2.05, 4.69) is 27.0 Å². The minimum atomic E-state index is -0.299. The van der Waals surface area contributed by atoms with Crippen molar-refractivity contribution in [3.8, 4) is 16.9 Å². The number of anilines is 1. The maximum atomic E-state index is 13.7. The molecule has 2 aliphatic rings. The maximum absolute atomic E-state index is 13.7. The van der Waals surface area contributed by atoms with E-state index in [4.69, 9.17) is 5.73 Å². The first-order valence-corrected chi connectivity index (χ1v) is 10.1. The van der Waals surface area contributed by atoms with Gasteiger partial charge in [0.15, 0.2) is 0 Å². The zero-order valence-electron chi connectivity index (χ0n) is 16.2. The molecule has 3 N–H and O–H groups in total. The molecule has 5 nitrogen and oxygen atoms in total. The number of rotatable bonds is 3. The van der Waals surface area contributed by atoms with Crippen molar-refractivity contribution in [1.82, 2.24) is 14.9 Å². The van der Waals surface area contributed by atoms with Crippen molar-refractivity contribution in [2.75, 3.05) is 5.73 Å². The van der Waals surface area contributed by atoms with E-state index >= 15 is 0 Å². The molecule has 2 aromatic heterocycles. The summed E-state index contributed by atoms with van der Waals surface area (Å²) in [6.07, 6.45) is 4.07. The monoisotopic (exact) mass is 398 g/mol. The molecule has 0 radical (unpaired) electrons. The number of aromatic nitrogens is 2. The molecule has 1 saturated carbocycles. The lowest BCUT2D eigenvalue weighted by Gasteiger charge is -2.15. The Labute approximate surface area is 172 Å². The minimum Gasteiger partial charge on any atom is -0.384 e. The summed E-state index contributed by atoms with van der Waals surface area (Å²) in [5.74, 6) is 0.579. The van der Waals surface area contributed by atoms with Crippen LogP contribution < -0.4 is 11.1 Å². The number of nitrogens with one attached hydrogen (secondary N) is 1. The Kier molecular flexibility index (Phi) is 3.53. The summed E-state index contributed by atoms with van der Waals surface area (Å²) in [4.78, 5) is 17.3. The Morgan fingerprint density at radius 2 is 1.90 bits per heavy atom. The van der Waals surface area contributed by atoms with Crippen LogP contribution in [0.4, 0.5) is 10.2 Å². The van der Waals surface area contributed by atoms with Crippen molar-refractivity contribution in [3.63, 3.8) is 0 Å². The highest BCUT2D eigenvalue weighted by atomic mass is 19.1. The van der Waals surface area contributed by atoms with Crippen molar-refractivity contribution < 1.29 is 9.18 Å². The topological polar surface area (TPSA) is 72.9 Å². The Balaban J connectivity index is 1.76. The van der Waals surface area contributed by atoms with Gasteiger partial charge in [-0.3, -0.25) is 4.79 Å². The van der Waals surface area contributed by atoms with E-state index < -0.39 is 0 Å². The van der Waals surface area contributed by atoms with Crippen molar-refractivity contribution in [1.29, 1.82) is 0 Å². The second kappa shape index (κ2) is 6.16. The second-order valence-corrected chi connectivity index (χ2v) is 8.04. The summed E-state index contributed by atoms with van der Waals surface area (Å²) >= 11 is 0. The predicted octanol–water partition coefficient (Wildman–Crippen LogP) is 4.53. The molecule has 1 aliphatic carbocycles. The van der Waals surface area contributed by atoms with E-state index in [1.807, 2.05) is 6.07 Å². The second-order valence-electron chi connectivity index (χ2n) is 8.04. The molecule has 148 valence electrons. The summed E-state index contributed by atoms with van der Waals surface area (Å²) in [6, 6.07) is 14.4. The normalized spacial score (nSPS) is 15.4. The summed E-state index contributed by atoms with van der Waals surface area (Å²) in [5, 5.41) is 3.98. The fourth-order valence-electron chi connectivity index (χ4n) is 4.48. The van der Waals surface area contributed by atoms with Crippen LogP contribution in [0.25, 0.3) is 27.8 Å². The summed E-state index contributed by atoms with van der Waals surface area (Å²) in [5.41, 5.74) is 12.1. The summed E-state index contributed by atoms with van der Waals surface area (Å²) in [6.45, 7) is 0.510. The predicted molar refractivity (Wildman–Crippen MR) is 114 cm³/mol. The van der Waals surface area contributed by atoms with Crippen LogP contribution in [0.5, 0.6) is 0 Å². The molecule has 0 atom stereocenters. The molecule has 1 aliphatic heterocycles. The zero-order valence-corrected chi connectivity index (χ0v) is 16.2. The van der Waals surface area contributed by atoms with Gasteiger partial charge in [-0.05, 0) is 72.4 Å². The molecule has 3 heterocycles. The SMILES string of the molecule is Nc1ccc(-c2c3c4c(cc(C5CC5)cc4n2-c2ccc(F)cc2)CNC3=O)cn1. The van der Waals surface area contributed by atoms with Crippen LogP contribution in [0.3, 0.4) is 0 Å². The van der Waals surface area contributed by atoms with Gasteiger partial charge in [0.2, 0.25) is 0 Å². The summed E-state index contributed by atoms with van der Waals surface area (Å²) in [7, 11) is 0. The van der Waals surface area contributed by atoms with Crippen LogP contribution in [0, 0.1) is 5.82 Å². The molecule has 0 spiro atoms. The maximum Gasteiger partial charge on any atom is 0.254 e. The number of hydrogen-bond donors (Lipinski definition) is 2. The Hall–Kier alpha value is -3.67. The fraction of sp³-hybridized carbons (Fsp3) is 0.167. The third-order valence-corrected chi connectivity index (χ3v) is 6.03. The molecule has 0 bridgehead atoms. The van der Waals surface area contributed by atoms with Crippen molar-refractivity contribution in [2.24, 2.45) is 0 Å². The Bertz CT molecular complexity index is 1320. The van der Waals surface area contributed by atoms with E-state index in [0.717, 1.165) is 33.4 Å². The average Bonchev–Trinajstić information content (AvgIpc) is 3.54. The molecule has 1 fully saturated rings. The van der Waals surface area contributed by atoms with Crippen molar-refractivity contribution >= 4 is 22.6 Å². The van der Waals surface area contributed by atoms with Crippen molar-refractivity contribution in [3.05, 3.63) is 77.2 Å². The lowest BCUT2D eigenvalue weighted by Crippen LogP contribution is -2.27. The van der Waals surface area contributed by atoms with Crippen LogP contribution in [0.2, 0.25) is 0 Å². The molecule has 6 heteroatoms. The molecule has 30 heavy (non-hydrogen) atoms. The number of halogens is 1. The standard InChI is InChI=1S/C24H19FN4O/c25-17-4-6-18(7-5-17)29-19-10-15(13-1-2-13)9-16-12-28-24(30)22(21(16)19)23(29)14-3-8-20(26)27-11-14/h3-11,13H,1-2,12H2,(H2,26,27)(H,28,30). The lowest BCUT2D eigenvalue weighted by atomic mass is 9.96. The van der Waals surface area contributed by atoms with Gasteiger partial charge in [0, 0.05) is 29.4 Å². The molecule has 0 unspecified atom stereocenters. The first kappa shape index (κ1) is 17.2. The van der Waals surface area contributed by atoms with E-state index in [1.165, 1.54) is 30.5 Å². The van der Waals surface area contributed by atoms with E-state index in [0.29, 0.717) is 23.8 Å². The van der Waals surface area contributed by atoms with E-state index in [1.54, 1.807) is 24.4 Å². The lowest BCUT2D eigenvalue weighted by molar-refractivity contribution is 0.0950. The highest BCUT2D eigenvalue weighted by Crippen LogP contribution is 2.45. The van der Waals surface area contributed by atoms with Crippen LogP contribution in [-0.4, -0.2) is 15.5 Å². The number of pyridine rings is 1. The highest BCUT2D eigenvalue weighted by Gasteiger charge is 2.32. The fourth-order valence-corrected chi connectivity index (χ4v) is 4.48. The number of carbonyl (C=O) groups is 1. The van der Waals surface area contributed by atoms with Gasteiger partial charge in [-0.1, -0.05) is 6.07 Å². The first-order chi connectivity index (χ1) is 14.6. The molecule has 4 aromatic rings. The van der Waals surface area contributed by atoms with Gasteiger partial charge < -0.3 is 15.6 Å². The first-order valence-electron chi connectivity index (χ1n) is 10.1. The zero-order chi connectivity index (χ0) is 20.4. The number of nitrogens with two attached hydrogens (primary N) is 1. The Morgan fingerprint density at radius 1 is 1.10 bits per heavy atom. The molecule has 1 amide bonds. The van der Waals surface area contributed by atoms with Gasteiger partial charge >= 0.3 is 0 Å². The van der Waals surface area contributed by atoms with Crippen LogP contribution in [-0.2, 0) is 6.54 Å². The minimum absolute atomic E-state index is 0.112. The molecule has 2 aromatic carbocycles. The van der Waals surface area contributed by atoms with Crippen LogP contribution in [0.1, 0.15) is 40.2 Å². The third-order valence-electron chi connectivity index (χ3n) is 6.03. The molecular weight excluding hydrogens is 379 g/mol. The highest BCUT2D eigenvalue weighted by molar-refractivity contribution is 6.16. The number of carbonyl (C=O) groups excluding carboxylic acids is 1. The molecule has 0 saturated heterocycles. The van der Waals surface area contributed by atoms with Gasteiger partial charge in [-0.25, -0.2) is 9.37 Å². The third kappa shape index (κ3) is 2.53. The number of nitrogen functional groups attached to an aromatic ring is 1. The van der Waals surface area contributed by atoms with Crippen LogP contribution >= 0.6 is 0 Å². The number of hydrogen-bond acceptors (Lipinski definition) is 3. The van der Waals surface area contributed by atoms with Gasteiger partial charge in [0.1, 0.15) is 11.6 Å².